The second-order valence-corrected chi connectivity index (χ2v) is 4.23. The molecule has 3 rings (SSSR count). The van der Waals surface area contributed by atoms with Gasteiger partial charge in [-0.2, -0.15) is 5.10 Å². The third-order valence-corrected chi connectivity index (χ3v) is 3.02. The standard InChI is InChI=1S/C13H8N4O4/c18-13(19)10-4-6-16(15-10)11-1-2-12(17(20)21)9-7-14-5-3-8(9)11/h1-7H,(H,18,19). The molecule has 0 aliphatic carbocycles. The van der Waals surface area contributed by atoms with Gasteiger partial charge in [0, 0.05) is 30.0 Å². The summed E-state index contributed by atoms with van der Waals surface area (Å²) >= 11 is 0. The molecule has 8 nitrogen and oxygen atoms in total. The Morgan fingerprint density at radius 3 is 2.71 bits per heavy atom. The molecule has 0 saturated carbocycles. The van der Waals surface area contributed by atoms with Crippen molar-refractivity contribution in [3.05, 3.63) is 58.7 Å². The van der Waals surface area contributed by atoms with Crippen LogP contribution in [-0.4, -0.2) is 30.8 Å². The van der Waals surface area contributed by atoms with Gasteiger partial charge in [-0.3, -0.25) is 15.1 Å². The second-order valence-electron chi connectivity index (χ2n) is 4.23. The number of benzene rings is 1. The number of nitro groups is 1. The summed E-state index contributed by atoms with van der Waals surface area (Å²) in [6.45, 7) is 0. The number of carbonyl (C=O) groups is 1. The van der Waals surface area contributed by atoms with Crippen molar-refractivity contribution in [2.45, 2.75) is 0 Å². The van der Waals surface area contributed by atoms with Gasteiger partial charge in [0.05, 0.1) is 16.0 Å². The number of carboxylic acids is 1. The van der Waals surface area contributed by atoms with Gasteiger partial charge in [-0.1, -0.05) is 0 Å². The van der Waals surface area contributed by atoms with Crippen LogP contribution >= 0.6 is 0 Å². The third kappa shape index (κ3) is 2.08. The highest BCUT2D eigenvalue weighted by molar-refractivity contribution is 5.96. The van der Waals surface area contributed by atoms with Crippen molar-refractivity contribution in [1.82, 2.24) is 14.8 Å². The van der Waals surface area contributed by atoms with Crippen molar-refractivity contribution < 1.29 is 14.8 Å². The average molecular weight is 284 g/mol. The highest BCUT2D eigenvalue weighted by Crippen LogP contribution is 2.29. The molecule has 2 aromatic heterocycles. The smallest absolute Gasteiger partial charge is 0.356 e. The quantitative estimate of drug-likeness (QED) is 0.581. The normalized spacial score (nSPS) is 10.7. The van der Waals surface area contributed by atoms with Crippen molar-refractivity contribution in [2.24, 2.45) is 0 Å². The Morgan fingerprint density at radius 1 is 1.24 bits per heavy atom. The molecule has 8 heteroatoms. The van der Waals surface area contributed by atoms with Gasteiger partial charge in [0.1, 0.15) is 0 Å². The number of nitro benzene ring substituents is 1. The van der Waals surface area contributed by atoms with Crippen LogP contribution in [0.5, 0.6) is 0 Å². The van der Waals surface area contributed by atoms with Crippen molar-refractivity contribution >= 4 is 22.4 Å². The van der Waals surface area contributed by atoms with E-state index in [1.165, 1.54) is 41.5 Å². The molecule has 0 aliphatic heterocycles. The van der Waals surface area contributed by atoms with Crippen molar-refractivity contribution in [1.29, 1.82) is 0 Å². The summed E-state index contributed by atoms with van der Waals surface area (Å²) in [4.78, 5) is 25.3. The summed E-state index contributed by atoms with van der Waals surface area (Å²) in [6.07, 6.45) is 4.40. The maximum Gasteiger partial charge on any atom is 0.356 e. The van der Waals surface area contributed by atoms with Crippen molar-refractivity contribution in [3.8, 4) is 5.69 Å². The molecule has 0 amide bonds. The van der Waals surface area contributed by atoms with Gasteiger partial charge in [-0.05, 0) is 18.2 Å². The summed E-state index contributed by atoms with van der Waals surface area (Å²) in [5.41, 5.74) is 0.383. The van der Waals surface area contributed by atoms with E-state index < -0.39 is 10.9 Å². The fraction of sp³-hybridized carbons (Fsp3) is 0. The molecule has 2 heterocycles. The zero-order valence-corrected chi connectivity index (χ0v) is 10.5. The third-order valence-electron chi connectivity index (χ3n) is 3.02. The van der Waals surface area contributed by atoms with Gasteiger partial charge in [0.15, 0.2) is 5.69 Å². The fourth-order valence-corrected chi connectivity index (χ4v) is 2.09. The number of hydrogen-bond acceptors (Lipinski definition) is 5. The lowest BCUT2D eigenvalue weighted by molar-refractivity contribution is -0.383. The minimum atomic E-state index is -1.14. The molecule has 0 aliphatic rings. The van der Waals surface area contributed by atoms with E-state index in [1.807, 2.05) is 0 Å². The van der Waals surface area contributed by atoms with Crippen LogP contribution in [0, 0.1) is 10.1 Å². The van der Waals surface area contributed by atoms with E-state index in [1.54, 1.807) is 6.07 Å². The number of aromatic carboxylic acids is 1. The minimum absolute atomic E-state index is 0.0625. The van der Waals surface area contributed by atoms with Crippen LogP contribution in [0.4, 0.5) is 5.69 Å². The number of rotatable bonds is 3. The summed E-state index contributed by atoms with van der Waals surface area (Å²) in [6, 6.07) is 5.86. The fourth-order valence-electron chi connectivity index (χ4n) is 2.09. The molecular weight excluding hydrogens is 276 g/mol. The lowest BCUT2D eigenvalue weighted by Gasteiger charge is -2.06. The number of nitrogens with zero attached hydrogens (tertiary/aromatic N) is 4. The van der Waals surface area contributed by atoms with Crippen molar-refractivity contribution in [3.63, 3.8) is 0 Å². The van der Waals surface area contributed by atoms with E-state index in [0.29, 0.717) is 16.5 Å². The lowest BCUT2D eigenvalue weighted by Crippen LogP contribution is -2.02. The molecule has 21 heavy (non-hydrogen) atoms. The summed E-state index contributed by atoms with van der Waals surface area (Å²) in [5.74, 6) is -1.14. The van der Waals surface area contributed by atoms with Crippen LogP contribution in [0.2, 0.25) is 0 Å². The molecule has 0 radical (unpaired) electrons. The number of carboxylic acid groups (broad SMARTS) is 1. The number of hydrogen-bond donors (Lipinski definition) is 1. The molecule has 0 fully saturated rings. The van der Waals surface area contributed by atoms with Gasteiger partial charge in [0.2, 0.25) is 0 Å². The first-order valence-electron chi connectivity index (χ1n) is 5.88. The monoisotopic (exact) mass is 284 g/mol. The zero-order valence-electron chi connectivity index (χ0n) is 10.5. The Morgan fingerprint density at radius 2 is 2.05 bits per heavy atom. The highest BCUT2D eigenvalue weighted by Gasteiger charge is 2.16. The molecule has 0 unspecified atom stereocenters. The SMILES string of the molecule is O=C(O)c1ccn(-c2ccc([N+](=O)[O-])c3cnccc23)n1. The molecule has 1 aromatic carbocycles. The van der Waals surface area contributed by atoms with E-state index in [0.717, 1.165) is 0 Å². The summed E-state index contributed by atoms with van der Waals surface area (Å²) in [5, 5.41) is 24.8. The van der Waals surface area contributed by atoms with E-state index in [9.17, 15) is 14.9 Å². The van der Waals surface area contributed by atoms with E-state index in [2.05, 4.69) is 10.1 Å². The van der Waals surface area contributed by atoms with Gasteiger partial charge in [-0.25, -0.2) is 9.48 Å². The largest absolute Gasteiger partial charge is 0.476 e. The topological polar surface area (TPSA) is 111 Å². The first-order valence-corrected chi connectivity index (χ1v) is 5.88. The molecule has 3 aromatic rings. The lowest BCUT2D eigenvalue weighted by atomic mass is 10.1. The zero-order chi connectivity index (χ0) is 15.0. The Labute approximate surface area is 117 Å². The molecule has 1 N–H and O–H groups in total. The molecule has 0 atom stereocenters. The van der Waals surface area contributed by atoms with E-state index >= 15 is 0 Å². The van der Waals surface area contributed by atoms with Gasteiger partial charge < -0.3 is 5.11 Å². The molecule has 0 saturated heterocycles. The predicted octanol–water partition coefficient (Wildman–Crippen LogP) is 2.03. The van der Waals surface area contributed by atoms with Gasteiger partial charge in [-0.15, -0.1) is 0 Å². The maximum absolute atomic E-state index is 11.0. The van der Waals surface area contributed by atoms with Crippen LogP contribution < -0.4 is 0 Å². The average Bonchev–Trinajstić information content (AvgIpc) is 2.95. The predicted molar refractivity (Wildman–Crippen MR) is 72.5 cm³/mol. The van der Waals surface area contributed by atoms with Crippen LogP contribution in [-0.2, 0) is 0 Å². The van der Waals surface area contributed by atoms with Gasteiger partial charge >= 0.3 is 5.97 Å². The number of non-ortho nitro benzene ring substituents is 1. The van der Waals surface area contributed by atoms with E-state index in [-0.39, 0.29) is 11.4 Å². The van der Waals surface area contributed by atoms with E-state index in [4.69, 9.17) is 5.11 Å². The Balaban J connectivity index is 2.26. The first-order chi connectivity index (χ1) is 10.1. The maximum atomic E-state index is 11.0. The van der Waals surface area contributed by atoms with Crippen LogP contribution in [0.3, 0.4) is 0 Å². The Kier molecular flexibility index (Phi) is 2.83. The van der Waals surface area contributed by atoms with Crippen LogP contribution in [0.1, 0.15) is 10.5 Å². The Hall–Kier alpha value is -3.29. The van der Waals surface area contributed by atoms with Crippen LogP contribution in [0.15, 0.2) is 42.9 Å². The molecular formula is C13H8N4O4. The molecule has 0 bridgehead atoms. The second kappa shape index (κ2) is 4.67. The summed E-state index contributed by atoms with van der Waals surface area (Å²) < 4.78 is 1.37. The first kappa shape index (κ1) is 12.7. The number of fused-ring (bicyclic) bond motifs is 1. The molecule has 104 valence electrons. The van der Waals surface area contributed by atoms with Crippen molar-refractivity contribution in [2.75, 3.05) is 0 Å². The molecule has 0 spiro atoms. The minimum Gasteiger partial charge on any atom is -0.476 e. The van der Waals surface area contributed by atoms with Crippen LogP contribution in [0.25, 0.3) is 16.5 Å². The van der Waals surface area contributed by atoms with Gasteiger partial charge in [0.25, 0.3) is 5.69 Å². The number of pyridine rings is 1. The summed E-state index contributed by atoms with van der Waals surface area (Å²) in [7, 11) is 0. The Bertz CT molecular complexity index is 871. The number of aromatic nitrogens is 3. The highest BCUT2D eigenvalue weighted by atomic mass is 16.6.